The Labute approximate surface area is 146 Å². The smallest absolute Gasteiger partial charge is 0.142 e. The van der Waals surface area contributed by atoms with E-state index in [1.54, 1.807) is 6.07 Å². The highest BCUT2D eigenvalue weighted by molar-refractivity contribution is 6.30. The van der Waals surface area contributed by atoms with Crippen molar-refractivity contribution in [3.63, 3.8) is 0 Å². The van der Waals surface area contributed by atoms with Crippen molar-refractivity contribution >= 4 is 11.6 Å². The number of benzene rings is 3. The lowest BCUT2D eigenvalue weighted by molar-refractivity contribution is 0.629. The summed E-state index contributed by atoms with van der Waals surface area (Å²) in [7, 11) is 0. The van der Waals surface area contributed by atoms with Gasteiger partial charge in [-0.05, 0) is 63.9 Å². The van der Waals surface area contributed by atoms with Gasteiger partial charge < -0.3 is 0 Å². The summed E-state index contributed by atoms with van der Waals surface area (Å²) in [6, 6.07) is 18.2. The van der Waals surface area contributed by atoms with Gasteiger partial charge in [0.05, 0.1) is 5.02 Å². The predicted molar refractivity (Wildman–Crippen MR) is 99.1 cm³/mol. The van der Waals surface area contributed by atoms with Gasteiger partial charge in [0, 0.05) is 0 Å². The van der Waals surface area contributed by atoms with Crippen molar-refractivity contribution in [2.45, 2.75) is 26.2 Å². The summed E-state index contributed by atoms with van der Waals surface area (Å²) in [6.45, 7) is 2.21. The highest BCUT2D eigenvalue weighted by Crippen LogP contribution is 2.39. The van der Waals surface area contributed by atoms with Crippen LogP contribution in [0.1, 0.15) is 30.0 Å². The molecule has 0 unspecified atom stereocenters. The van der Waals surface area contributed by atoms with E-state index < -0.39 is 0 Å². The van der Waals surface area contributed by atoms with E-state index in [1.165, 1.54) is 33.9 Å². The van der Waals surface area contributed by atoms with E-state index >= 15 is 0 Å². The standard InChI is InChI=1S/C22H18ClF/c1-2-3-14-4-7-19-17(10-14)12-18-11-15(5-8-20(18)19)16-6-9-21(23)22(24)13-16/h4-11,13H,2-3,12H2,1H3. The number of aryl methyl sites for hydroxylation is 1. The molecule has 0 radical (unpaired) electrons. The van der Waals surface area contributed by atoms with E-state index in [4.69, 9.17) is 11.6 Å². The predicted octanol–water partition coefficient (Wildman–Crippen LogP) is 6.67. The number of rotatable bonds is 3. The van der Waals surface area contributed by atoms with Crippen molar-refractivity contribution < 1.29 is 4.39 Å². The first-order valence-electron chi connectivity index (χ1n) is 8.36. The van der Waals surface area contributed by atoms with Gasteiger partial charge in [-0.1, -0.05) is 67.4 Å². The summed E-state index contributed by atoms with van der Waals surface area (Å²) in [4.78, 5) is 0. The summed E-state index contributed by atoms with van der Waals surface area (Å²) in [5.41, 5.74) is 8.64. The molecule has 0 atom stereocenters. The molecule has 0 spiro atoms. The summed E-state index contributed by atoms with van der Waals surface area (Å²) in [5.74, 6) is -0.373. The molecular weight excluding hydrogens is 319 g/mol. The molecule has 0 heterocycles. The minimum absolute atomic E-state index is 0.163. The highest BCUT2D eigenvalue weighted by atomic mass is 35.5. The Morgan fingerprint density at radius 1 is 0.875 bits per heavy atom. The second kappa shape index (κ2) is 6.07. The van der Waals surface area contributed by atoms with E-state index in [2.05, 4.69) is 43.3 Å². The average Bonchev–Trinajstić information content (AvgIpc) is 2.94. The summed E-state index contributed by atoms with van der Waals surface area (Å²) in [5, 5.41) is 0.163. The maximum atomic E-state index is 13.7. The minimum atomic E-state index is -0.373. The lowest BCUT2D eigenvalue weighted by Crippen LogP contribution is -1.87. The molecule has 2 heteroatoms. The van der Waals surface area contributed by atoms with Crippen LogP contribution >= 0.6 is 11.6 Å². The van der Waals surface area contributed by atoms with Crippen molar-refractivity contribution in [2.75, 3.05) is 0 Å². The normalized spacial score (nSPS) is 12.1. The number of halogens is 2. The third-order valence-corrected chi connectivity index (χ3v) is 5.04. The summed E-state index contributed by atoms with van der Waals surface area (Å²) in [6.07, 6.45) is 3.24. The molecule has 1 aliphatic rings. The van der Waals surface area contributed by atoms with Crippen molar-refractivity contribution in [1.82, 2.24) is 0 Å². The zero-order valence-electron chi connectivity index (χ0n) is 13.6. The first-order valence-corrected chi connectivity index (χ1v) is 8.74. The Hall–Kier alpha value is -2.12. The monoisotopic (exact) mass is 336 g/mol. The van der Waals surface area contributed by atoms with Crippen LogP contribution in [0.25, 0.3) is 22.3 Å². The van der Waals surface area contributed by atoms with E-state index in [-0.39, 0.29) is 10.8 Å². The molecule has 120 valence electrons. The fourth-order valence-corrected chi connectivity index (χ4v) is 3.68. The number of fused-ring (bicyclic) bond motifs is 3. The van der Waals surface area contributed by atoms with Gasteiger partial charge in [0.25, 0.3) is 0 Å². The molecule has 0 amide bonds. The zero-order chi connectivity index (χ0) is 16.7. The summed E-state index contributed by atoms with van der Waals surface area (Å²) >= 11 is 5.79. The maximum absolute atomic E-state index is 13.7. The van der Waals surface area contributed by atoms with Gasteiger partial charge in [-0.25, -0.2) is 4.39 Å². The van der Waals surface area contributed by atoms with E-state index in [9.17, 15) is 4.39 Å². The molecule has 0 bridgehead atoms. The molecule has 3 aromatic rings. The molecule has 0 N–H and O–H groups in total. The van der Waals surface area contributed by atoms with Crippen LogP contribution in [0, 0.1) is 5.82 Å². The lowest BCUT2D eigenvalue weighted by atomic mass is 9.99. The molecule has 24 heavy (non-hydrogen) atoms. The van der Waals surface area contributed by atoms with Crippen LogP contribution in [0.2, 0.25) is 5.02 Å². The molecule has 0 aliphatic heterocycles. The Morgan fingerprint density at radius 2 is 1.54 bits per heavy atom. The molecule has 0 nitrogen and oxygen atoms in total. The van der Waals surface area contributed by atoms with Gasteiger partial charge in [-0.3, -0.25) is 0 Å². The summed E-state index contributed by atoms with van der Waals surface area (Å²) < 4.78 is 13.7. The van der Waals surface area contributed by atoms with Gasteiger partial charge in [-0.15, -0.1) is 0 Å². The average molecular weight is 337 g/mol. The van der Waals surface area contributed by atoms with Crippen LogP contribution in [-0.4, -0.2) is 0 Å². The molecule has 3 aromatic carbocycles. The second-order valence-corrected chi connectivity index (χ2v) is 6.83. The third kappa shape index (κ3) is 2.63. The Kier molecular flexibility index (Phi) is 3.90. The topological polar surface area (TPSA) is 0 Å². The van der Waals surface area contributed by atoms with Gasteiger partial charge in [0.15, 0.2) is 0 Å². The molecule has 0 saturated carbocycles. The van der Waals surface area contributed by atoms with Crippen molar-refractivity contribution in [3.8, 4) is 22.3 Å². The fourth-order valence-electron chi connectivity index (χ4n) is 3.56. The number of hydrogen-bond donors (Lipinski definition) is 0. The van der Waals surface area contributed by atoms with Crippen LogP contribution in [0.15, 0.2) is 54.6 Å². The van der Waals surface area contributed by atoms with Crippen LogP contribution in [-0.2, 0) is 12.8 Å². The van der Waals surface area contributed by atoms with Crippen molar-refractivity contribution in [2.24, 2.45) is 0 Å². The van der Waals surface area contributed by atoms with E-state index in [0.717, 1.165) is 30.4 Å². The minimum Gasteiger partial charge on any atom is -0.205 e. The van der Waals surface area contributed by atoms with Gasteiger partial charge in [0.1, 0.15) is 5.82 Å². The molecule has 0 saturated heterocycles. The van der Waals surface area contributed by atoms with Crippen LogP contribution in [0.3, 0.4) is 0 Å². The van der Waals surface area contributed by atoms with Gasteiger partial charge >= 0.3 is 0 Å². The van der Waals surface area contributed by atoms with Crippen LogP contribution in [0.4, 0.5) is 4.39 Å². The molecule has 4 rings (SSSR count). The van der Waals surface area contributed by atoms with E-state index in [0.29, 0.717) is 0 Å². The van der Waals surface area contributed by atoms with Crippen LogP contribution < -0.4 is 0 Å². The van der Waals surface area contributed by atoms with Crippen molar-refractivity contribution in [3.05, 3.63) is 82.1 Å². The maximum Gasteiger partial charge on any atom is 0.142 e. The third-order valence-electron chi connectivity index (χ3n) is 4.74. The molecular formula is C22H18ClF. The fraction of sp³-hybridized carbons (Fsp3) is 0.182. The highest BCUT2D eigenvalue weighted by Gasteiger charge is 2.19. The Balaban J connectivity index is 1.72. The molecule has 0 aromatic heterocycles. The van der Waals surface area contributed by atoms with Crippen LogP contribution in [0.5, 0.6) is 0 Å². The van der Waals surface area contributed by atoms with E-state index in [1.807, 2.05) is 6.07 Å². The largest absolute Gasteiger partial charge is 0.205 e. The molecule has 1 aliphatic carbocycles. The Bertz CT molecular complexity index is 927. The van der Waals surface area contributed by atoms with Gasteiger partial charge in [0.2, 0.25) is 0 Å². The first-order chi connectivity index (χ1) is 11.7. The SMILES string of the molecule is CCCc1ccc2c(c1)Cc1cc(-c3ccc(Cl)c(F)c3)ccc1-2. The lowest BCUT2D eigenvalue weighted by Gasteiger charge is -2.07. The Morgan fingerprint density at radius 3 is 2.29 bits per heavy atom. The quantitative estimate of drug-likeness (QED) is 0.392. The first kappa shape index (κ1) is 15.4. The second-order valence-electron chi connectivity index (χ2n) is 6.42. The van der Waals surface area contributed by atoms with Gasteiger partial charge in [-0.2, -0.15) is 0 Å². The number of hydrogen-bond acceptors (Lipinski definition) is 0. The van der Waals surface area contributed by atoms with Crippen molar-refractivity contribution in [1.29, 1.82) is 0 Å². The zero-order valence-corrected chi connectivity index (χ0v) is 14.3. The molecule has 0 fully saturated rings.